The third-order valence-electron chi connectivity index (χ3n) is 1.47. The number of hydrogen-bond donors (Lipinski definition) is 2. The van der Waals surface area contributed by atoms with Crippen LogP contribution in [0.3, 0.4) is 0 Å². The van der Waals surface area contributed by atoms with Crippen LogP contribution < -0.4 is 0 Å². The van der Waals surface area contributed by atoms with Crippen molar-refractivity contribution in [3.63, 3.8) is 0 Å². The zero-order valence-corrected chi connectivity index (χ0v) is 10.7. The molecule has 0 spiro atoms. The molecule has 0 aliphatic rings. The predicted octanol–water partition coefficient (Wildman–Crippen LogP) is 1.87. The normalized spacial score (nSPS) is 11.9. The fourth-order valence-corrected chi connectivity index (χ4v) is 0.649. The van der Waals surface area contributed by atoms with E-state index in [0.717, 1.165) is 6.42 Å². The van der Waals surface area contributed by atoms with Crippen molar-refractivity contribution in [3.8, 4) is 0 Å². The lowest BCUT2D eigenvalue weighted by Crippen LogP contribution is -2.13. The van der Waals surface area contributed by atoms with Crippen LogP contribution in [-0.4, -0.2) is 28.4 Å². The van der Waals surface area contributed by atoms with Crippen LogP contribution in [0.2, 0.25) is 0 Å². The fraction of sp³-hybridized carbons (Fsp3) is 0.500. The molecule has 0 heterocycles. The van der Waals surface area contributed by atoms with Gasteiger partial charge in [-0.1, -0.05) is 19.6 Å². The maximum Gasteiger partial charge on any atom is 0.335 e. The number of aliphatic carboxylic acids is 1. The van der Waals surface area contributed by atoms with Crippen molar-refractivity contribution in [2.45, 2.75) is 40.4 Å². The summed E-state index contributed by atoms with van der Waals surface area (Å²) in [5.74, 6) is -1.39. The third-order valence-corrected chi connectivity index (χ3v) is 1.47. The molecule has 1 atom stereocenters. The molecule has 0 aliphatic heterocycles. The second-order valence-corrected chi connectivity index (χ2v) is 3.39. The molecule has 0 aromatic heterocycles. The maximum atomic E-state index is 10.5. The summed E-state index contributed by atoms with van der Waals surface area (Å²) in [4.78, 5) is 20.5. The van der Waals surface area contributed by atoms with E-state index in [0.29, 0.717) is 5.57 Å². The highest BCUT2D eigenvalue weighted by molar-refractivity contribution is 5.87. The topological polar surface area (TPSA) is 83.8 Å². The molecule has 0 aromatic carbocycles. The van der Waals surface area contributed by atoms with E-state index in [1.807, 2.05) is 6.92 Å². The first-order valence-electron chi connectivity index (χ1n) is 5.16. The van der Waals surface area contributed by atoms with Crippen molar-refractivity contribution in [3.05, 3.63) is 23.8 Å². The number of carboxylic acids is 1. The first kappa shape index (κ1) is 17.8. The highest BCUT2D eigenvalue weighted by Gasteiger charge is 2.04. The van der Waals surface area contributed by atoms with Crippen LogP contribution in [0.5, 0.6) is 0 Å². The van der Waals surface area contributed by atoms with Gasteiger partial charge in [-0.25, -0.2) is 9.59 Å². The van der Waals surface area contributed by atoms with Gasteiger partial charge in [0.15, 0.2) is 6.29 Å². The van der Waals surface area contributed by atoms with Crippen LogP contribution in [0, 0.1) is 0 Å². The molecule has 0 saturated heterocycles. The molecule has 0 saturated carbocycles. The van der Waals surface area contributed by atoms with Crippen LogP contribution in [-0.2, 0) is 14.3 Å². The summed E-state index contributed by atoms with van der Waals surface area (Å²) in [6.07, 6.45) is 1.43. The van der Waals surface area contributed by atoms with E-state index in [1.165, 1.54) is 13.8 Å². The van der Waals surface area contributed by atoms with Gasteiger partial charge in [0.05, 0.1) is 0 Å². The summed E-state index contributed by atoms with van der Waals surface area (Å²) in [6.45, 7) is 9.70. The van der Waals surface area contributed by atoms with Gasteiger partial charge in [0.2, 0.25) is 0 Å². The quantitative estimate of drug-likeness (QED) is 0.448. The first-order valence-corrected chi connectivity index (χ1v) is 5.16. The summed E-state index contributed by atoms with van der Waals surface area (Å²) < 4.78 is 4.33. The molecule has 5 nitrogen and oxygen atoms in total. The van der Waals surface area contributed by atoms with Crippen LogP contribution >= 0.6 is 0 Å². The summed E-state index contributed by atoms with van der Waals surface area (Å²) in [5, 5.41) is 16.7. The molecule has 0 aromatic rings. The molecule has 0 amide bonds. The van der Waals surface area contributed by atoms with E-state index in [4.69, 9.17) is 10.2 Å². The Hall–Kier alpha value is -1.62. The predicted molar refractivity (Wildman–Crippen MR) is 64.3 cm³/mol. The molecule has 0 rings (SSSR count). The zero-order valence-electron chi connectivity index (χ0n) is 10.7. The molecular formula is C12H20O5. The molecule has 5 heteroatoms. The van der Waals surface area contributed by atoms with Gasteiger partial charge in [-0.2, -0.15) is 0 Å². The van der Waals surface area contributed by atoms with Crippen LogP contribution in [0.25, 0.3) is 0 Å². The van der Waals surface area contributed by atoms with Gasteiger partial charge in [-0.15, -0.1) is 0 Å². The zero-order chi connectivity index (χ0) is 14.0. The molecule has 17 heavy (non-hydrogen) atoms. The number of carbonyl (C=O) groups excluding carboxylic acids is 1. The monoisotopic (exact) mass is 244 g/mol. The maximum absolute atomic E-state index is 10.5. The summed E-state index contributed by atoms with van der Waals surface area (Å²) in [6, 6.07) is 0. The number of carboxylic acid groups (broad SMARTS) is 1. The Morgan fingerprint density at radius 3 is 2.00 bits per heavy atom. The lowest BCUT2D eigenvalue weighted by atomic mass is 10.2. The second-order valence-electron chi connectivity index (χ2n) is 3.39. The van der Waals surface area contributed by atoms with Gasteiger partial charge in [-0.05, 0) is 27.2 Å². The van der Waals surface area contributed by atoms with Gasteiger partial charge < -0.3 is 14.9 Å². The Labute approximate surface area is 101 Å². The van der Waals surface area contributed by atoms with Crippen molar-refractivity contribution >= 4 is 11.9 Å². The van der Waals surface area contributed by atoms with Crippen molar-refractivity contribution in [2.75, 3.05) is 0 Å². The number of rotatable bonds is 4. The van der Waals surface area contributed by atoms with Crippen molar-refractivity contribution in [2.24, 2.45) is 0 Å². The summed E-state index contributed by atoms with van der Waals surface area (Å²) in [7, 11) is 0. The average molecular weight is 244 g/mol. The Morgan fingerprint density at radius 1 is 1.41 bits per heavy atom. The summed E-state index contributed by atoms with van der Waals surface area (Å²) in [5.41, 5.74) is 0.711. The minimum atomic E-state index is -1.05. The van der Waals surface area contributed by atoms with Crippen molar-refractivity contribution < 1.29 is 24.5 Å². The highest BCUT2D eigenvalue weighted by Crippen LogP contribution is 1.94. The molecular weight excluding hydrogens is 224 g/mol. The SMILES string of the molecule is C=C(C)C(=O)OC(C)O.CCC=C(C)C(=O)O. The number of ether oxygens (including phenoxy) is 1. The Bertz CT molecular complexity index is 302. The largest absolute Gasteiger partial charge is 0.478 e. The first-order chi connectivity index (χ1) is 7.72. The molecule has 0 fully saturated rings. The van der Waals surface area contributed by atoms with Gasteiger partial charge in [0.1, 0.15) is 0 Å². The molecule has 2 N–H and O–H groups in total. The Balaban J connectivity index is 0. The number of aliphatic hydroxyl groups excluding tert-OH is 1. The van der Waals surface area contributed by atoms with E-state index in [2.05, 4.69) is 11.3 Å². The molecule has 0 bridgehead atoms. The minimum Gasteiger partial charge on any atom is -0.478 e. The van der Waals surface area contributed by atoms with Gasteiger partial charge in [0, 0.05) is 11.1 Å². The van der Waals surface area contributed by atoms with E-state index in [9.17, 15) is 9.59 Å². The Kier molecular flexibility index (Phi) is 10.0. The third kappa shape index (κ3) is 12.3. The van der Waals surface area contributed by atoms with Crippen molar-refractivity contribution in [1.82, 2.24) is 0 Å². The van der Waals surface area contributed by atoms with Crippen LogP contribution in [0.1, 0.15) is 34.1 Å². The van der Waals surface area contributed by atoms with E-state index in [-0.39, 0.29) is 5.57 Å². The summed E-state index contributed by atoms with van der Waals surface area (Å²) >= 11 is 0. The van der Waals surface area contributed by atoms with Gasteiger partial charge in [0.25, 0.3) is 0 Å². The smallest absolute Gasteiger partial charge is 0.335 e. The van der Waals surface area contributed by atoms with E-state index in [1.54, 1.807) is 13.0 Å². The lowest BCUT2D eigenvalue weighted by molar-refractivity contribution is -0.159. The lowest BCUT2D eigenvalue weighted by Gasteiger charge is -2.04. The van der Waals surface area contributed by atoms with Gasteiger partial charge >= 0.3 is 11.9 Å². The number of aliphatic hydroxyl groups is 1. The fourth-order valence-electron chi connectivity index (χ4n) is 0.649. The number of allylic oxidation sites excluding steroid dienone is 1. The molecule has 0 radical (unpaired) electrons. The van der Waals surface area contributed by atoms with Crippen LogP contribution in [0.4, 0.5) is 0 Å². The van der Waals surface area contributed by atoms with E-state index < -0.39 is 18.2 Å². The number of carbonyl (C=O) groups is 2. The standard InChI is InChI=1S/C6H10O3.C6H10O2/c1-4(2)6(8)9-5(3)7;1-3-4-5(2)6(7)8/h5,7H,1H2,2-3H3;4H,3H2,1-2H3,(H,7,8). The molecule has 98 valence electrons. The highest BCUT2D eigenvalue weighted by atomic mass is 16.6. The molecule has 1 unspecified atom stereocenters. The van der Waals surface area contributed by atoms with Crippen molar-refractivity contribution in [1.29, 1.82) is 0 Å². The Morgan fingerprint density at radius 2 is 1.88 bits per heavy atom. The van der Waals surface area contributed by atoms with E-state index >= 15 is 0 Å². The number of esters is 1. The number of hydrogen-bond acceptors (Lipinski definition) is 4. The van der Waals surface area contributed by atoms with Gasteiger partial charge in [-0.3, -0.25) is 0 Å². The second kappa shape index (κ2) is 9.59. The minimum absolute atomic E-state index is 0.288. The van der Waals surface area contributed by atoms with Crippen LogP contribution in [0.15, 0.2) is 23.8 Å². The average Bonchev–Trinajstić information content (AvgIpc) is 2.17. The molecule has 0 aliphatic carbocycles.